The average Bonchev–Trinajstić information content (AvgIpc) is 3.62. The van der Waals surface area contributed by atoms with Crippen LogP contribution in [0, 0.1) is 0 Å². The van der Waals surface area contributed by atoms with Gasteiger partial charge < -0.3 is 4.42 Å². The lowest BCUT2D eigenvalue weighted by molar-refractivity contribution is 0.669. The number of nitrogens with zero attached hydrogens (tertiary/aromatic N) is 3. The third kappa shape index (κ3) is 5.34. The van der Waals surface area contributed by atoms with Crippen molar-refractivity contribution in [1.29, 1.82) is 0 Å². The van der Waals surface area contributed by atoms with Crippen molar-refractivity contribution in [2.45, 2.75) is 0 Å². The van der Waals surface area contributed by atoms with E-state index < -0.39 is 0 Å². The fourth-order valence-electron chi connectivity index (χ4n) is 8.00. The molecule has 0 bridgehead atoms. The van der Waals surface area contributed by atoms with Gasteiger partial charge in [-0.05, 0) is 91.0 Å². The molecular formula is C51H31N3O. The van der Waals surface area contributed by atoms with Gasteiger partial charge in [-0.25, -0.2) is 15.0 Å². The topological polar surface area (TPSA) is 51.8 Å². The molecule has 11 aromatic rings. The van der Waals surface area contributed by atoms with Crippen LogP contribution in [0.2, 0.25) is 0 Å². The summed E-state index contributed by atoms with van der Waals surface area (Å²) in [5.41, 5.74) is 9.03. The molecule has 256 valence electrons. The molecule has 2 aromatic heterocycles. The number of fused-ring (bicyclic) bond motifs is 6. The van der Waals surface area contributed by atoms with Gasteiger partial charge >= 0.3 is 0 Å². The van der Waals surface area contributed by atoms with Crippen LogP contribution in [0.4, 0.5) is 0 Å². The first-order chi connectivity index (χ1) is 27.2. The SMILES string of the molecule is c1ccc(-c2cc(-c3ccc(-c4nc(-c5ccccc5)nc(-c5ccc6ccccc6c5)n4)c4ccccc34)c3c(c2)oc2cc4ccccc4cc23)cc1. The van der Waals surface area contributed by atoms with Gasteiger partial charge in [0.15, 0.2) is 17.5 Å². The van der Waals surface area contributed by atoms with E-state index in [1.54, 1.807) is 0 Å². The molecular weight excluding hydrogens is 671 g/mol. The van der Waals surface area contributed by atoms with Gasteiger partial charge in [0, 0.05) is 27.5 Å². The van der Waals surface area contributed by atoms with Gasteiger partial charge in [-0.3, -0.25) is 0 Å². The van der Waals surface area contributed by atoms with Gasteiger partial charge in [-0.2, -0.15) is 0 Å². The van der Waals surface area contributed by atoms with Crippen LogP contribution >= 0.6 is 0 Å². The smallest absolute Gasteiger partial charge is 0.164 e. The first kappa shape index (κ1) is 31.1. The van der Waals surface area contributed by atoms with E-state index >= 15 is 0 Å². The van der Waals surface area contributed by atoms with Gasteiger partial charge in [0.25, 0.3) is 0 Å². The van der Waals surface area contributed by atoms with E-state index in [-0.39, 0.29) is 0 Å². The van der Waals surface area contributed by atoms with E-state index in [9.17, 15) is 0 Å². The number of rotatable bonds is 5. The molecule has 9 aromatic carbocycles. The van der Waals surface area contributed by atoms with E-state index in [1.165, 1.54) is 10.8 Å². The first-order valence-corrected chi connectivity index (χ1v) is 18.5. The average molecular weight is 702 g/mol. The monoisotopic (exact) mass is 701 g/mol. The van der Waals surface area contributed by atoms with E-state index in [0.717, 1.165) is 82.4 Å². The summed E-state index contributed by atoms with van der Waals surface area (Å²) in [4.78, 5) is 15.4. The van der Waals surface area contributed by atoms with Crippen LogP contribution in [-0.2, 0) is 0 Å². The third-order valence-electron chi connectivity index (χ3n) is 10.7. The maximum absolute atomic E-state index is 6.70. The van der Waals surface area contributed by atoms with Crippen LogP contribution < -0.4 is 0 Å². The molecule has 0 saturated carbocycles. The zero-order valence-electron chi connectivity index (χ0n) is 29.6. The zero-order valence-corrected chi connectivity index (χ0v) is 29.6. The molecule has 0 spiro atoms. The molecule has 0 radical (unpaired) electrons. The summed E-state index contributed by atoms with van der Waals surface area (Å²) >= 11 is 0. The molecule has 0 aliphatic heterocycles. The molecule has 0 unspecified atom stereocenters. The highest BCUT2D eigenvalue weighted by Crippen LogP contribution is 2.44. The Morgan fingerprint density at radius 1 is 0.291 bits per heavy atom. The maximum Gasteiger partial charge on any atom is 0.164 e. The largest absolute Gasteiger partial charge is 0.456 e. The van der Waals surface area contributed by atoms with Crippen LogP contribution in [0.15, 0.2) is 192 Å². The molecule has 4 heteroatoms. The summed E-state index contributed by atoms with van der Waals surface area (Å²) < 4.78 is 6.70. The lowest BCUT2D eigenvalue weighted by Crippen LogP contribution is -2.01. The Bertz CT molecular complexity index is 3260. The summed E-state index contributed by atoms with van der Waals surface area (Å²) in [5.74, 6) is 1.90. The van der Waals surface area contributed by atoms with Crippen molar-refractivity contribution in [3.05, 3.63) is 188 Å². The summed E-state index contributed by atoms with van der Waals surface area (Å²) in [7, 11) is 0. The molecule has 0 saturated heterocycles. The number of aromatic nitrogens is 3. The van der Waals surface area contributed by atoms with E-state index in [2.05, 4.69) is 158 Å². The Hall–Kier alpha value is -7.43. The summed E-state index contributed by atoms with van der Waals surface area (Å²) in [6.07, 6.45) is 0. The minimum absolute atomic E-state index is 0.628. The van der Waals surface area contributed by atoms with Crippen molar-refractivity contribution >= 4 is 54.3 Å². The highest BCUT2D eigenvalue weighted by Gasteiger charge is 2.20. The normalized spacial score (nSPS) is 11.6. The fourth-order valence-corrected chi connectivity index (χ4v) is 8.00. The first-order valence-electron chi connectivity index (χ1n) is 18.5. The highest BCUT2D eigenvalue weighted by molar-refractivity contribution is 6.19. The molecule has 0 aliphatic rings. The Morgan fingerprint density at radius 2 is 0.855 bits per heavy atom. The second-order valence-electron chi connectivity index (χ2n) is 14.0. The van der Waals surface area contributed by atoms with Crippen molar-refractivity contribution in [2.24, 2.45) is 0 Å². The quantitative estimate of drug-likeness (QED) is 0.179. The lowest BCUT2D eigenvalue weighted by Gasteiger charge is -2.15. The second kappa shape index (κ2) is 12.6. The minimum Gasteiger partial charge on any atom is -0.456 e. The van der Waals surface area contributed by atoms with E-state index in [1.807, 2.05) is 30.3 Å². The minimum atomic E-state index is 0.628. The van der Waals surface area contributed by atoms with Gasteiger partial charge in [0.2, 0.25) is 0 Å². The van der Waals surface area contributed by atoms with Crippen molar-refractivity contribution in [2.75, 3.05) is 0 Å². The van der Waals surface area contributed by atoms with Gasteiger partial charge in [-0.1, -0.05) is 152 Å². The van der Waals surface area contributed by atoms with Gasteiger partial charge in [0.1, 0.15) is 11.2 Å². The van der Waals surface area contributed by atoms with Crippen LogP contribution in [0.3, 0.4) is 0 Å². The predicted octanol–water partition coefficient (Wildman–Crippen LogP) is 13.6. The van der Waals surface area contributed by atoms with E-state index in [0.29, 0.717) is 17.5 Å². The highest BCUT2D eigenvalue weighted by atomic mass is 16.3. The molecule has 2 heterocycles. The molecule has 0 amide bonds. The number of hydrogen-bond donors (Lipinski definition) is 0. The van der Waals surface area contributed by atoms with Gasteiger partial charge in [0.05, 0.1) is 0 Å². The number of benzene rings is 9. The summed E-state index contributed by atoms with van der Waals surface area (Å²) in [6, 6.07) is 65.8. The van der Waals surface area contributed by atoms with Crippen molar-refractivity contribution in [3.8, 4) is 56.4 Å². The van der Waals surface area contributed by atoms with Crippen molar-refractivity contribution in [3.63, 3.8) is 0 Å². The Kier molecular flexibility index (Phi) is 7.14. The fraction of sp³-hybridized carbons (Fsp3) is 0. The van der Waals surface area contributed by atoms with Crippen LogP contribution in [0.5, 0.6) is 0 Å². The lowest BCUT2D eigenvalue weighted by atomic mass is 9.90. The molecule has 0 N–H and O–H groups in total. The van der Waals surface area contributed by atoms with Crippen molar-refractivity contribution in [1.82, 2.24) is 15.0 Å². The van der Waals surface area contributed by atoms with Crippen LogP contribution in [0.1, 0.15) is 0 Å². The second-order valence-corrected chi connectivity index (χ2v) is 14.0. The Morgan fingerprint density at radius 3 is 1.60 bits per heavy atom. The molecule has 11 rings (SSSR count). The van der Waals surface area contributed by atoms with Crippen LogP contribution in [0.25, 0.3) is 111 Å². The zero-order chi connectivity index (χ0) is 36.3. The Labute approximate surface area is 317 Å². The third-order valence-corrected chi connectivity index (χ3v) is 10.7. The molecule has 0 atom stereocenters. The standard InChI is InChI=1S/C51H31N3O/c1-3-13-32(14-4-1)39-29-44(48-45-28-36-19-9-10-20-37(36)30-46(45)55-47(48)31-39)42-25-26-43(41-22-12-11-21-40(41)42)51-53-49(34-16-5-2-6-17-34)52-50(54-51)38-24-23-33-15-7-8-18-35(33)27-38/h1-31H. The summed E-state index contributed by atoms with van der Waals surface area (Å²) in [5, 5.41) is 9.02. The van der Waals surface area contributed by atoms with Crippen LogP contribution in [-0.4, -0.2) is 15.0 Å². The molecule has 55 heavy (non-hydrogen) atoms. The number of hydrogen-bond acceptors (Lipinski definition) is 4. The van der Waals surface area contributed by atoms with Crippen molar-refractivity contribution < 1.29 is 4.42 Å². The maximum atomic E-state index is 6.70. The summed E-state index contributed by atoms with van der Waals surface area (Å²) in [6.45, 7) is 0. The van der Waals surface area contributed by atoms with Gasteiger partial charge in [-0.15, -0.1) is 0 Å². The molecule has 0 fully saturated rings. The molecule has 0 aliphatic carbocycles. The predicted molar refractivity (Wildman–Crippen MR) is 227 cm³/mol. The number of furan rings is 1. The Balaban J connectivity index is 1.16. The molecule has 4 nitrogen and oxygen atoms in total. The van der Waals surface area contributed by atoms with E-state index in [4.69, 9.17) is 19.4 Å².